The Balaban J connectivity index is 1.57. The maximum Gasteiger partial charge on any atom is 0.273 e. The first-order chi connectivity index (χ1) is 11.4. The van der Waals surface area contributed by atoms with Crippen LogP contribution in [-0.4, -0.2) is 36.3 Å². The Morgan fingerprint density at radius 2 is 2.25 bits per heavy atom. The number of nitrogens with one attached hydrogen (secondary N) is 1. The lowest BCUT2D eigenvalue weighted by molar-refractivity contribution is 0.0938. The van der Waals surface area contributed by atoms with Gasteiger partial charge in [0.25, 0.3) is 5.91 Å². The second-order valence-corrected chi connectivity index (χ2v) is 7.41. The number of amides is 1. The van der Waals surface area contributed by atoms with E-state index in [1.54, 1.807) is 6.07 Å². The van der Waals surface area contributed by atoms with Crippen molar-refractivity contribution in [3.8, 4) is 5.75 Å². The number of carbonyl (C=O) groups excluding carboxylic acids is 1. The molecule has 1 N–H and O–H groups in total. The van der Waals surface area contributed by atoms with Gasteiger partial charge in [0.2, 0.25) is 0 Å². The van der Waals surface area contributed by atoms with Gasteiger partial charge in [-0.25, -0.2) is 8.42 Å². The van der Waals surface area contributed by atoms with E-state index in [1.165, 1.54) is 24.5 Å². The minimum Gasteiger partial charge on any atom is -0.484 e. The van der Waals surface area contributed by atoms with E-state index in [0.717, 1.165) is 5.41 Å². The van der Waals surface area contributed by atoms with Crippen molar-refractivity contribution in [1.82, 2.24) is 15.5 Å². The number of hydrogen-bond donors (Lipinski definition) is 1. The average molecular weight is 370 g/mol. The molecule has 2 aromatic rings. The quantitative estimate of drug-likeness (QED) is 0.846. The standard InChI is InChI=1S/C14H12ClN3O5S/c15-9-3-11(6-16-5-9)22-7-12-4-13(18-23-12)14(19)17-10-1-2-24(20,21)8-10/h1-6,10H,7-8H2,(H,17,19). The Morgan fingerprint density at radius 1 is 1.42 bits per heavy atom. The van der Waals surface area contributed by atoms with Crippen molar-refractivity contribution >= 4 is 27.3 Å². The molecule has 1 aliphatic heterocycles. The van der Waals surface area contributed by atoms with Crippen LogP contribution in [0.4, 0.5) is 0 Å². The molecule has 0 spiro atoms. The smallest absolute Gasteiger partial charge is 0.273 e. The fourth-order valence-electron chi connectivity index (χ4n) is 2.02. The van der Waals surface area contributed by atoms with E-state index in [4.69, 9.17) is 20.9 Å². The average Bonchev–Trinajstić information content (AvgIpc) is 3.12. The predicted molar refractivity (Wildman–Crippen MR) is 84.3 cm³/mol. The molecule has 1 amide bonds. The third-order valence-corrected chi connectivity index (χ3v) is 4.70. The van der Waals surface area contributed by atoms with Gasteiger partial charge in [-0.1, -0.05) is 16.8 Å². The van der Waals surface area contributed by atoms with Crippen molar-refractivity contribution in [2.24, 2.45) is 0 Å². The molecule has 126 valence electrons. The van der Waals surface area contributed by atoms with Crippen LogP contribution in [0.15, 0.2) is 40.5 Å². The number of hydrogen-bond acceptors (Lipinski definition) is 7. The molecule has 0 fully saturated rings. The largest absolute Gasteiger partial charge is 0.484 e. The molecule has 0 bridgehead atoms. The molecular formula is C14H12ClN3O5S. The van der Waals surface area contributed by atoms with Crippen molar-refractivity contribution in [3.63, 3.8) is 0 Å². The second kappa shape index (κ2) is 6.62. The summed E-state index contributed by atoms with van der Waals surface area (Å²) in [6.45, 7) is 0.0417. The molecule has 0 saturated carbocycles. The lowest BCUT2D eigenvalue weighted by Crippen LogP contribution is -2.35. The van der Waals surface area contributed by atoms with Crippen LogP contribution in [0, 0.1) is 0 Å². The normalized spacial score (nSPS) is 18.5. The summed E-state index contributed by atoms with van der Waals surface area (Å²) in [5.74, 6) is 0.0935. The molecule has 3 heterocycles. The topological polar surface area (TPSA) is 111 Å². The van der Waals surface area contributed by atoms with Crippen LogP contribution in [0.2, 0.25) is 5.02 Å². The van der Waals surface area contributed by atoms with E-state index < -0.39 is 21.8 Å². The first-order valence-electron chi connectivity index (χ1n) is 6.82. The lowest BCUT2D eigenvalue weighted by atomic mass is 10.3. The Hall–Kier alpha value is -2.39. The maximum absolute atomic E-state index is 12.0. The van der Waals surface area contributed by atoms with Crippen molar-refractivity contribution < 1.29 is 22.5 Å². The molecule has 2 aromatic heterocycles. The number of nitrogens with zero attached hydrogens (tertiary/aromatic N) is 2. The highest BCUT2D eigenvalue weighted by atomic mass is 35.5. The van der Waals surface area contributed by atoms with Crippen molar-refractivity contribution in [1.29, 1.82) is 0 Å². The molecule has 0 aliphatic carbocycles. The second-order valence-electron chi connectivity index (χ2n) is 5.04. The third kappa shape index (κ3) is 4.12. The summed E-state index contributed by atoms with van der Waals surface area (Å²) in [4.78, 5) is 15.9. The SMILES string of the molecule is O=C(NC1C=CS(=O)(=O)C1)c1cc(COc2cncc(Cl)c2)on1. The number of aromatic nitrogens is 2. The van der Waals surface area contributed by atoms with Gasteiger partial charge in [-0.3, -0.25) is 9.78 Å². The van der Waals surface area contributed by atoms with Crippen LogP contribution < -0.4 is 10.1 Å². The molecule has 0 aromatic carbocycles. The van der Waals surface area contributed by atoms with Crippen LogP contribution in [-0.2, 0) is 16.4 Å². The molecule has 10 heteroatoms. The number of pyridine rings is 1. The molecule has 0 radical (unpaired) electrons. The predicted octanol–water partition coefficient (Wildman–Crippen LogP) is 1.34. The minimum absolute atomic E-state index is 0.0375. The summed E-state index contributed by atoms with van der Waals surface area (Å²) in [6.07, 6.45) is 4.38. The Labute approximate surface area is 142 Å². The lowest BCUT2D eigenvalue weighted by Gasteiger charge is -2.07. The molecule has 24 heavy (non-hydrogen) atoms. The van der Waals surface area contributed by atoms with Gasteiger partial charge in [0.05, 0.1) is 23.0 Å². The van der Waals surface area contributed by atoms with Gasteiger partial charge in [-0.2, -0.15) is 0 Å². The van der Waals surface area contributed by atoms with Gasteiger partial charge in [-0.15, -0.1) is 0 Å². The monoisotopic (exact) mass is 369 g/mol. The van der Waals surface area contributed by atoms with E-state index in [-0.39, 0.29) is 18.1 Å². The van der Waals surface area contributed by atoms with Crippen LogP contribution in [0.3, 0.4) is 0 Å². The van der Waals surface area contributed by atoms with Gasteiger partial charge in [-0.05, 0) is 6.08 Å². The van der Waals surface area contributed by atoms with Crippen LogP contribution in [0.25, 0.3) is 0 Å². The van der Waals surface area contributed by atoms with Gasteiger partial charge in [0, 0.05) is 23.7 Å². The molecule has 3 rings (SSSR count). The van der Waals surface area contributed by atoms with Crippen molar-refractivity contribution in [2.75, 3.05) is 5.75 Å². The van der Waals surface area contributed by atoms with Crippen LogP contribution >= 0.6 is 11.6 Å². The molecule has 8 nitrogen and oxygen atoms in total. The van der Waals surface area contributed by atoms with E-state index in [0.29, 0.717) is 16.5 Å². The third-order valence-electron chi connectivity index (χ3n) is 3.10. The van der Waals surface area contributed by atoms with Gasteiger partial charge >= 0.3 is 0 Å². The van der Waals surface area contributed by atoms with Crippen molar-refractivity contribution in [2.45, 2.75) is 12.6 Å². The zero-order valence-corrected chi connectivity index (χ0v) is 13.7. The number of carbonyl (C=O) groups is 1. The van der Waals surface area contributed by atoms with E-state index in [9.17, 15) is 13.2 Å². The summed E-state index contributed by atoms with van der Waals surface area (Å²) in [6, 6.07) is 2.43. The molecule has 1 unspecified atom stereocenters. The highest BCUT2D eigenvalue weighted by molar-refractivity contribution is 7.94. The van der Waals surface area contributed by atoms with Gasteiger partial charge in [0.1, 0.15) is 12.4 Å². The molecular weight excluding hydrogens is 358 g/mol. The zero-order valence-electron chi connectivity index (χ0n) is 12.2. The highest BCUT2D eigenvalue weighted by Crippen LogP contribution is 2.17. The fourth-order valence-corrected chi connectivity index (χ4v) is 3.42. The first kappa shape index (κ1) is 16.5. The summed E-state index contributed by atoms with van der Waals surface area (Å²) < 4.78 is 33.0. The van der Waals surface area contributed by atoms with Crippen molar-refractivity contribution in [3.05, 3.63) is 52.5 Å². The van der Waals surface area contributed by atoms with E-state index >= 15 is 0 Å². The van der Waals surface area contributed by atoms with E-state index in [1.807, 2.05) is 0 Å². The highest BCUT2D eigenvalue weighted by Gasteiger charge is 2.24. The number of halogens is 1. The summed E-state index contributed by atoms with van der Waals surface area (Å²) in [7, 11) is -3.24. The van der Waals surface area contributed by atoms with Crippen LogP contribution in [0.1, 0.15) is 16.2 Å². The number of rotatable bonds is 5. The molecule has 1 atom stereocenters. The summed E-state index contributed by atoms with van der Waals surface area (Å²) >= 11 is 5.79. The van der Waals surface area contributed by atoms with Crippen LogP contribution in [0.5, 0.6) is 5.75 Å². The Morgan fingerprint density at radius 3 is 2.96 bits per heavy atom. The zero-order chi connectivity index (χ0) is 17.2. The molecule has 0 saturated heterocycles. The van der Waals surface area contributed by atoms with Gasteiger partial charge in [0.15, 0.2) is 21.3 Å². The number of ether oxygens (including phenoxy) is 1. The Kier molecular flexibility index (Phi) is 4.54. The first-order valence-corrected chi connectivity index (χ1v) is 8.91. The fraction of sp³-hybridized carbons (Fsp3) is 0.214. The van der Waals surface area contributed by atoms with E-state index in [2.05, 4.69) is 15.5 Å². The molecule has 1 aliphatic rings. The van der Waals surface area contributed by atoms with Gasteiger partial charge < -0.3 is 14.6 Å². The maximum atomic E-state index is 12.0. The Bertz CT molecular complexity index is 893. The minimum atomic E-state index is -3.24. The number of sulfone groups is 1. The summed E-state index contributed by atoms with van der Waals surface area (Å²) in [5.41, 5.74) is 0.0375. The summed E-state index contributed by atoms with van der Waals surface area (Å²) in [5, 5.41) is 7.71.